The Morgan fingerprint density at radius 3 is 2.56 bits per heavy atom. The van der Waals surface area contributed by atoms with E-state index in [2.05, 4.69) is 15.2 Å². The van der Waals surface area contributed by atoms with Crippen molar-refractivity contribution in [2.75, 3.05) is 42.1 Å². The van der Waals surface area contributed by atoms with Crippen molar-refractivity contribution >= 4 is 61.9 Å². The summed E-state index contributed by atoms with van der Waals surface area (Å²) in [6, 6.07) is 11.4. The number of aromatic nitrogens is 1. The standard InChI is InChI=1S/C29H31ClN4O5S2/c30-25-8-10-28(40-25)41(38,39)19-23(35)15-20-5-9-26(32-18-20)34-27(36)17-21-16-22(6-7-24(21)29(34)37)31-11-4-14-33-12-2-1-3-13-33/h5-10,16,18,31H,1-4,11-15,17,19H2. The van der Waals surface area contributed by atoms with Gasteiger partial charge in [0.2, 0.25) is 5.91 Å². The van der Waals surface area contributed by atoms with E-state index < -0.39 is 27.3 Å². The predicted molar refractivity (Wildman–Crippen MR) is 160 cm³/mol. The number of Topliss-reactive ketones (excluding diaryl/α,β-unsaturated/α-hetero) is 1. The largest absolute Gasteiger partial charge is 0.385 e. The molecule has 12 heteroatoms. The summed E-state index contributed by atoms with van der Waals surface area (Å²) in [4.78, 5) is 46.5. The average molecular weight is 615 g/mol. The highest BCUT2D eigenvalue weighted by atomic mass is 35.5. The number of nitrogens with zero attached hydrogens (tertiary/aromatic N) is 3. The lowest BCUT2D eigenvalue weighted by Gasteiger charge is -2.27. The predicted octanol–water partition coefficient (Wildman–Crippen LogP) is 4.40. The summed E-state index contributed by atoms with van der Waals surface area (Å²) in [6.07, 6.45) is 6.19. The fourth-order valence-corrected chi connectivity index (χ4v) is 7.98. The smallest absolute Gasteiger partial charge is 0.266 e. The second-order valence-corrected chi connectivity index (χ2v) is 14.3. The van der Waals surface area contributed by atoms with Crippen LogP contribution in [0.5, 0.6) is 0 Å². The summed E-state index contributed by atoms with van der Waals surface area (Å²) >= 11 is 6.72. The Kier molecular flexibility index (Phi) is 9.18. The number of ketones is 1. The molecule has 1 fully saturated rings. The third-order valence-corrected chi connectivity index (χ3v) is 10.7. The molecule has 0 spiro atoms. The third kappa shape index (κ3) is 7.21. The number of carbonyl (C=O) groups excluding carboxylic acids is 3. The topological polar surface area (TPSA) is 117 Å². The number of hydrogen-bond donors (Lipinski definition) is 1. The number of benzene rings is 1. The number of amides is 2. The minimum absolute atomic E-state index is 0.0440. The van der Waals surface area contributed by atoms with Gasteiger partial charge in [-0.3, -0.25) is 14.4 Å². The average Bonchev–Trinajstić information content (AvgIpc) is 3.39. The Morgan fingerprint density at radius 1 is 1.05 bits per heavy atom. The monoisotopic (exact) mass is 614 g/mol. The molecule has 1 N–H and O–H groups in total. The van der Waals surface area contributed by atoms with Crippen molar-refractivity contribution < 1.29 is 22.8 Å². The normalized spacial score (nSPS) is 16.1. The number of likely N-dealkylation sites (tertiary alicyclic amines) is 1. The fourth-order valence-electron chi connectivity index (χ4n) is 5.16. The second kappa shape index (κ2) is 12.8. The number of pyridine rings is 1. The SMILES string of the molecule is O=C(Cc1ccc(N2C(=O)Cc3cc(NCCCN4CCCCC4)ccc3C2=O)nc1)CS(=O)(=O)c1ccc(Cl)s1. The van der Waals surface area contributed by atoms with E-state index in [1.807, 2.05) is 12.1 Å². The number of imide groups is 1. The molecule has 9 nitrogen and oxygen atoms in total. The van der Waals surface area contributed by atoms with Crippen LogP contribution < -0.4 is 10.2 Å². The van der Waals surface area contributed by atoms with Crippen molar-refractivity contribution in [3.8, 4) is 0 Å². The molecule has 0 saturated carbocycles. The third-order valence-electron chi connectivity index (χ3n) is 7.20. The highest BCUT2D eigenvalue weighted by molar-refractivity contribution is 7.94. The lowest BCUT2D eigenvalue weighted by atomic mass is 9.97. The van der Waals surface area contributed by atoms with Crippen LogP contribution in [-0.4, -0.2) is 67.8 Å². The van der Waals surface area contributed by atoms with Crippen molar-refractivity contribution in [2.45, 2.75) is 42.7 Å². The maximum atomic E-state index is 13.2. The van der Waals surface area contributed by atoms with Crippen LogP contribution >= 0.6 is 22.9 Å². The van der Waals surface area contributed by atoms with Crippen LogP contribution in [0, 0.1) is 0 Å². The number of halogens is 1. The Balaban J connectivity index is 1.17. The maximum absolute atomic E-state index is 13.2. The van der Waals surface area contributed by atoms with Crippen molar-refractivity contribution in [3.63, 3.8) is 0 Å². The van der Waals surface area contributed by atoms with Gasteiger partial charge in [-0.25, -0.2) is 18.3 Å². The number of rotatable bonds is 11. The highest BCUT2D eigenvalue weighted by Gasteiger charge is 2.33. The van der Waals surface area contributed by atoms with E-state index in [9.17, 15) is 22.8 Å². The molecule has 0 radical (unpaired) electrons. The Hall–Kier alpha value is -3.12. The van der Waals surface area contributed by atoms with Crippen LogP contribution in [-0.2, 0) is 32.3 Å². The molecule has 0 atom stereocenters. The number of thiophene rings is 1. The molecule has 2 aliphatic rings. The van der Waals surface area contributed by atoms with E-state index in [0.717, 1.165) is 41.4 Å². The second-order valence-electron chi connectivity index (χ2n) is 10.3. The zero-order chi connectivity index (χ0) is 29.0. The first-order valence-electron chi connectivity index (χ1n) is 13.6. The van der Waals surface area contributed by atoms with Crippen molar-refractivity contribution in [2.24, 2.45) is 0 Å². The Bertz CT molecular complexity index is 1550. The van der Waals surface area contributed by atoms with Gasteiger partial charge in [-0.15, -0.1) is 11.3 Å². The number of sulfone groups is 1. The van der Waals surface area contributed by atoms with E-state index in [1.165, 1.54) is 56.7 Å². The van der Waals surface area contributed by atoms with Crippen LogP contribution in [0.1, 0.15) is 47.2 Å². The molecule has 2 amide bonds. The zero-order valence-corrected chi connectivity index (χ0v) is 24.9. The van der Waals surface area contributed by atoms with E-state index in [0.29, 0.717) is 21.0 Å². The fraction of sp³-hybridized carbons (Fsp3) is 0.379. The Labute approximate surface area is 248 Å². The molecule has 41 heavy (non-hydrogen) atoms. The van der Waals surface area contributed by atoms with Crippen molar-refractivity contribution in [1.82, 2.24) is 9.88 Å². The molecule has 0 aliphatic carbocycles. The number of hydrogen-bond acceptors (Lipinski definition) is 9. The molecule has 2 aliphatic heterocycles. The minimum Gasteiger partial charge on any atom is -0.385 e. The molecule has 0 unspecified atom stereocenters. The van der Waals surface area contributed by atoms with Gasteiger partial charge in [-0.05, 0) is 86.4 Å². The quantitative estimate of drug-likeness (QED) is 0.250. The number of anilines is 2. The van der Waals surface area contributed by atoms with Gasteiger partial charge in [0.1, 0.15) is 15.8 Å². The minimum atomic E-state index is -3.78. The van der Waals surface area contributed by atoms with Crippen LogP contribution in [0.15, 0.2) is 52.9 Å². The first-order chi connectivity index (χ1) is 19.7. The number of fused-ring (bicyclic) bond motifs is 1. The van der Waals surface area contributed by atoms with Gasteiger partial charge in [0.15, 0.2) is 15.6 Å². The van der Waals surface area contributed by atoms with Crippen molar-refractivity contribution in [1.29, 1.82) is 0 Å². The molecule has 3 aromatic rings. The van der Waals surface area contributed by atoms with Gasteiger partial charge in [-0.1, -0.05) is 24.1 Å². The van der Waals surface area contributed by atoms with Crippen molar-refractivity contribution in [3.05, 3.63) is 69.7 Å². The summed E-state index contributed by atoms with van der Waals surface area (Å²) < 4.78 is 25.3. The summed E-state index contributed by atoms with van der Waals surface area (Å²) in [5, 5.41) is 3.41. The first kappa shape index (κ1) is 29.4. The van der Waals surface area contributed by atoms with E-state index >= 15 is 0 Å². The molecule has 4 heterocycles. The lowest BCUT2D eigenvalue weighted by molar-refractivity contribution is -0.118. The van der Waals surface area contributed by atoms with Gasteiger partial charge in [0, 0.05) is 30.4 Å². The summed E-state index contributed by atoms with van der Waals surface area (Å²) in [6.45, 7) is 4.22. The van der Waals surface area contributed by atoms with Crippen LogP contribution in [0.3, 0.4) is 0 Å². The van der Waals surface area contributed by atoms with Crippen LogP contribution in [0.25, 0.3) is 0 Å². The van der Waals surface area contributed by atoms with E-state index in [-0.39, 0.29) is 28.8 Å². The summed E-state index contributed by atoms with van der Waals surface area (Å²) in [7, 11) is -3.78. The molecule has 0 bridgehead atoms. The molecular formula is C29H31ClN4O5S2. The summed E-state index contributed by atoms with van der Waals surface area (Å²) in [5.41, 5.74) is 2.48. The number of nitrogens with one attached hydrogen (secondary N) is 1. The van der Waals surface area contributed by atoms with Crippen LogP contribution in [0.2, 0.25) is 4.34 Å². The molecule has 2 aromatic heterocycles. The molecule has 1 aromatic carbocycles. The van der Waals surface area contributed by atoms with Gasteiger partial charge < -0.3 is 10.2 Å². The van der Waals surface area contributed by atoms with Gasteiger partial charge in [-0.2, -0.15) is 0 Å². The van der Waals surface area contributed by atoms with Gasteiger partial charge in [0.05, 0.1) is 10.8 Å². The van der Waals surface area contributed by atoms with Gasteiger partial charge >= 0.3 is 0 Å². The Morgan fingerprint density at radius 2 is 1.85 bits per heavy atom. The van der Waals surface area contributed by atoms with E-state index in [1.54, 1.807) is 12.1 Å². The summed E-state index contributed by atoms with van der Waals surface area (Å²) in [5.74, 6) is -1.84. The van der Waals surface area contributed by atoms with Gasteiger partial charge in [0.25, 0.3) is 5.91 Å². The lowest BCUT2D eigenvalue weighted by Crippen LogP contribution is -2.43. The number of piperidine rings is 1. The number of carbonyl (C=O) groups is 3. The highest BCUT2D eigenvalue weighted by Crippen LogP contribution is 2.28. The molecular weight excluding hydrogens is 584 g/mol. The maximum Gasteiger partial charge on any atom is 0.266 e. The zero-order valence-electron chi connectivity index (χ0n) is 22.5. The first-order valence-corrected chi connectivity index (χ1v) is 16.5. The van der Waals surface area contributed by atoms with E-state index in [4.69, 9.17) is 11.6 Å². The molecule has 1 saturated heterocycles. The molecule has 216 valence electrons. The van der Waals surface area contributed by atoms with Crippen LogP contribution in [0.4, 0.5) is 11.5 Å². The molecule has 5 rings (SSSR count).